The van der Waals surface area contributed by atoms with Crippen LogP contribution < -0.4 is 9.80 Å². The Bertz CT molecular complexity index is 990. The van der Waals surface area contributed by atoms with Crippen LogP contribution >= 0.6 is 0 Å². The van der Waals surface area contributed by atoms with Crippen molar-refractivity contribution < 1.29 is 14.3 Å². The first-order valence-corrected chi connectivity index (χ1v) is 11.4. The second-order valence-electron chi connectivity index (χ2n) is 9.17. The molecule has 2 amide bonds. The van der Waals surface area contributed by atoms with Crippen molar-refractivity contribution in [3.63, 3.8) is 0 Å². The molecule has 0 radical (unpaired) electrons. The highest BCUT2D eigenvalue weighted by molar-refractivity contribution is 6.06. The Hall–Kier alpha value is -2.67. The number of carbonyl (C=O) groups is 2. The Balaban J connectivity index is 1.45. The van der Waals surface area contributed by atoms with E-state index in [-0.39, 0.29) is 23.8 Å². The highest BCUT2D eigenvalue weighted by Gasteiger charge is 2.39. The lowest BCUT2D eigenvalue weighted by atomic mass is 10.0. The second-order valence-corrected chi connectivity index (χ2v) is 9.17. The van der Waals surface area contributed by atoms with Gasteiger partial charge in [0.2, 0.25) is 11.8 Å². The number of amides is 2. The van der Waals surface area contributed by atoms with Crippen LogP contribution in [0.4, 0.5) is 11.4 Å². The van der Waals surface area contributed by atoms with Crippen molar-refractivity contribution in [2.24, 2.45) is 11.8 Å². The zero-order chi connectivity index (χ0) is 21.5. The van der Waals surface area contributed by atoms with Crippen LogP contribution in [0.1, 0.15) is 39.5 Å². The van der Waals surface area contributed by atoms with Gasteiger partial charge in [-0.3, -0.25) is 14.3 Å². The molecule has 1 aromatic carbocycles. The van der Waals surface area contributed by atoms with Crippen molar-refractivity contribution in [2.45, 2.75) is 52.1 Å². The van der Waals surface area contributed by atoms with Crippen molar-refractivity contribution in [3.8, 4) is 11.1 Å². The maximum atomic E-state index is 13.0. The minimum atomic E-state index is -0.0410. The molecule has 7 nitrogen and oxygen atoms in total. The van der Waals surface area contributed by atoms with Crippen molar-refractivity contribution in [1.82, 2.24) is 9.78 Å². The number of rotatable bonds is 4. The summed E-state index contributed by atoms with van der Waals surface area (Å²) in [5.74, 6) is 0.921. The Labute approximate surface area is 183 Å². The van der Waals surface area contributed by atoms with Gasteiger partial charge in [-0.25, -0.2) is 0 Å². The zero-order valence-electron chi connectivity index (χ0n) is 18.3. The average molecular weight is 423 g/mol. The van der Waals surface area contributed by atoms with Crippen molar-refractivity contribution in [2.75, 3.05) is 29.6 Å². The summed E-state index contributed by atoms with van der Waals surface area (Å²) in [4.78, 5) is 29.1. The van der Waals surface area contributed by atoms with E-state index in [1.165, 1.54) is 0 Å². The van der Waals surface area contributed by atoms with Gasteiger partial charge in [-0.05, 0) is 56.2 Å². The van der Waals surface area contributed by atoms with Gasteiger partial charge in [0.15, 0.2) is 0 Å². The number of hydrogen-bond donors (Lipinski definition) is 0. The first kappa shape index (κ1) is 20.2. The number of ether oxygens (including phenoxy) is 1. The van der Waals surface area contributed by atoms with E-state index in [9.17, 15) is 9.59 Å². The normalized spacial score (nSPS) is 21.8. The fraction of sp³-hybridized carbons (Fsp3) is 0.542. The average Bonchev–Trinajstić information content (AvgIpc) is 3.52. The van der Waals surface area contributed by atoms with Gasteiger partial charge in [-0.2, -0.15) is 5.10 Å². The maximum Gasteiger partial charge on any atom is 0.230 e. The van der Waals surface area contributed by atoms with Crippen LogP contribution in [0.2, 0.25) is 0 Å². The minimum Gasteiger partial charge on any atom is -0.381 e. The van der Waals surface area contributed by atoms with E-state index in [1.807, 2.05) is 45.8 Å². The number of fused-ring (bicyclic) bond motifs is 1. The number of nitrogens with zero attached hydrogens (tertiary/aromatic N) is 4. The SMILES string of the molecule is CC(=O)N1c2ccc(-c3cnn(CC4CCOCC4)c3)cc2N(C(=O)C2CC2)CC1C. The lowest BCUT2D eigenvalue weighted by Gasteiger charge is -2.41. The van der Waals surface area contributed by atoms with Crippen LogP contribution in [0, 0.1) is 11.8 Å². The molecule has 0 N–H and O–H groups in total. The van der Waals surface area contributed by atoms with Gasteiger partial charge in [0.05, 0.1) is 23.6 Å². The number of anilines is 2. The summed E-state index contributed by atoms with van der Waals surface area (Å²) < 4.78 is 7.47. The van der Waals surface area contributed by atoms with Gasteiger partial charge < -0.3 is 14.5 Å². The van der Waals surface area contributed by atoms with Crippen LogP contribution in [-0.2, 0) is 20.9 Å². The topological polar surface area (TPSA) is 67.7 Å². The highest BCUT2D eigenvalue weighted by Crippen LogP contribution is 2.42. The number of benzene rings is 1. The third-order valence-electron chi connectivity index (χ3n) is 6.70. The molecule has 31 heavy (non-hydrogen) atoms. The third kappa shape index (κ3) is 3.99. The molecule has 2 fully saturated rings. The molecule has 3 aliphatic rings. The van der Waals surface area contributed by atoms with Gasteiger partial charge in [-0.1, -0.05) is 6.07 Å². The summed E-state index contributed by atoms with van der Waals surface area (Å²) in [6.45, 7) is 6.70. The third-order valence-corrected chi connectivity index (χ3v) is 6.70. The lowest BCUT2D eigenvalue weighted by molar-refractivity contribution is -0.120. The maximum absolute atomic E-state index is 13.0. The molecule has 1 aromatic heterocycles. The van der Waals surface area contributed by atoms with E-state index < -0.39 is 0 Å². The number of carbonyl (C=O) groups excluding carboxylic acids is 2. The zero-order valence-corrected chi connectivity index (χ0v) is 18.3. The highest BCUT2D eigenvalue weighted by atomic mass is 16.5. The summed E-state index contributed by atoms with van der Waals surface area (Å²) in [6.07, 6.45) is 8.06. The summed E-state index contributed by atoms with van der Waals surface area (Å²) in [5.41, 5.74) is 3.70. The molecular weight excluding hydrogens is 392 g/mol. The van der Waals surface area contributed by atoms with Gasteiger partial charge in [0.1, 0.15) is 0 Å². The predicted octanol–water partition coefficient (Wildman–Crippen LogP) is 3.47. The molecule has 3 heterocycles. The van der Waals surface area contributed by atoms with Crippen LogP contribution in [0.25, 0.3) is 11.1 Å². The van der Waals surface area contributed by atoms with Gasteiger partial charge >= 0.3 is 0 Å². The second kappa shape index (κ2) is 8.11. The molecule has 0 bridgehead atoms. The van der Waals surface area contributed by atoms with E-state index in [0.717, 1.165) is 67.9 Å². The fourth-order valence-corrected chi connectivity index (χ4v) is 4.85. The quantitative estimate of drug-likeness (QED) is 0.757. The fourth-order valence-electron chi connectivity index (χ4n) is 4.85. The van der Waals surface area contributed by atoms with Crippen LogP contribution in [-0.4, -0.2) is 47.4 Å². The summed E-state index contributed by atoms with van der Waals surface area (Å²) in [7, 11) is 0. The first-order chi connectivity index (χ1) is 15.0. The molecule has 2 aliphatic heterocycles. The molecule has 7 heteroatoms. The summed E-state index contributed by atoms with van der Waals surface area (Å²) in [6, 6.07) is 6.01. The molecule has 1 atom stereocenters. The monoisotopic (exact) mass is 422 g/mol. The summed E-state index contributed by atoms with van der Waals surface area (Å²) >= 11 is 0. The van der Waals surface area contributed by atoms with Crippen molar-refractivity contribution in [3.05, 3.63) is 30.6 Å². The molecule has 1 unspecified atom stereocenters. The molecule has 2 aromatic rings. The minimum absolute atomic E-state index is 0.00398. The Morgan fingerprint density at radius 3 is 2.58 bits per heavy atom. The van der Waals surface area contributed by atoms with Crippen LogP contribution in [0.5, 0.6) is 0 Å². The van der Waals surface area contributed by atoms with E-state index in [1.54, 1.807) is 6.92 Å². The molecule has 0 spiro atoms. The number of hydrogen-bond acceptors (Lipinski definition) is 4. The molecule has 1 saturated heterocycles. The van der Waals surface area contributed by atoms with Gasteiger partial charge in [0.25, 0.3) is 0 Å². The number of aromatic nitrogens is 2. The van der Waals surface area contributed by atoms with Crippen LogP contribution in [0.3, 0.4) is 0 Å². The van der Waals surface area contributed by atoms with Crippen molar-refractivity contribution in [1.29, 1.82) is 0 Å². The largest absolute Gasteiger partial charge is 0.381 e. The van der Waals surface area contributed by atoms with E-state index in [0.29, 0.717) is 12.5 Å². The van der Waals surface area contributed by atoms with Crippen LogP contribution in [0.15, 0.2) is 30.6 Å². The van der Waals surface area contributed by atoms with Gasteiger partial charge in [0, 0.05) is 50.9 Å². The van der Waals surface area contributed by atoms with E-state index in [2.05, 4.69) is 11.3 Å². The molecule has 1 aliphatic carbocycles. The van der Waals surface area contributed by atoms with E-state index in [4.69, 9.17) is 4.74 Å². The molecular formula is C24H30N4O3. The Morgan fingerprint density at radius 2 is 1.87 bits per heavy atom. The van der Waals surface area contributed by atoms with E-state index >= 15 is 0 Å². The molecule has 1 saturated carbocycles. The molecule has 5 rings (SSSR count). The Kier molecular flexibility index (Phi) is 5.30. The molecule has 164 valence electrons. The first-order valence-electron chi connectivity index (χ1n) is 11.4. The standard InChI is InChI=1S/C24H30N4O3/c1-16-13-27(24(30)19-3-4-19)23-11-20(5-6-22(23)28(16)17(2)29)21-12-25-26(15-21)14-18-7-9-31-10-8-18/h5-6,11-12,15-16,18-19H,3-4,7-10,13-14H2,1-2H3. The summed E-state index contributed by atoms with van der Waals surface area (Å²) in [5, 5.41) is 4.58. The lowest BCUT2D eigenvalue weighted by Crippen LogP contribution is -2.51. The smallest absolute Gasteiger partial charge is 0.230 e. The Morgan fingerprint density at radius 1 is 1.10 bits per heavy atom. The predicted molar refractivity (Wildman–Crippen MR) is 119 cm³/mol. The van der Waals surface area contributed by atoms with Crippen molar-refractivity contribution >= 4 is 23.2 Å². The van der Waals surface area contributed by atoms with Gasteiger partial charge in [-0.15, -0.1) is 0 Å².